The molecule has 2 aromatic rings. The number of nitrogens with zero attached hydrogens (tertiary/aromatic N) is 5. The van der Waals surface area contributed by atoms with Gasteiger partial charge < -0.3 is 9.80 Å². The van der Waals surface area contributed by atoms with Crippen LogP contribution < -0.4 is 4.90 Å². The molecule has 28 heavy (non-hydrogen) atoms. The molecule has 1 spiro atoms. The largest absolute Gasteiger partial charge is 0.348 e. The Morgan fingerprint density at radius 3 is 2.54 bits per heavy atom. The van der Waals surface area contributed by atoms with Crippen LogP contribution in [-0.2, 0) is 16.8 Å². The molecular weight excluding hydrogens is 357 g/mol. The van der Waals surface area contributed by atoms with Crippen LogP contribution in [0.4, 0.5) is 10.3 Å². The number of anilines is 1. The Labute approximate surface area is 165 Å². The summed E-state index contributed by atoms with van der Waals surface area (Å²) in [4.78, 5) is 26.5. The van der Waals surface area contributed by atoms with Gasteiger partial charge in [0, 0.05) is 32.6 Å². The van der Waals surface area contributed by atoms with E-state index in [1.54, 1.807) is 19.0 Å². The van der Waals surface area contributed by atoms with E-state index in [-0.39, 0.29) is 11.3 Å². The van der Waals surface area contributed by atoms with Gasteiger partial charge in [0.2, 0.25) is 11.9 Å². The van der Waals surface area contributed by atoms with Gasteiger partial charge in [-0.2, -0.15) is 0 Å². The van der Waals surface area contributed by atoms with E-state index in [9.17, 15) is 9.18 Å². The molecule has 2 aliphatic heterocycles. The first kappa shape index (κ1) is 18.8. The highest BCUT2D eigenvalue weighted by Gasteiger charge is 2.42. The van der Waals surface area contributed by atoms with E-state index in [1.807, 2.05) is 0 Å². The molecule has 148 valence electrons. The van der Waals surface area contributed by atoms with E-state index >= 15 is 0 Å². The summed E-state index contributed by atoms with van der Waals surface area (Å²) >= 11 is 0. The molecule has 1 saturated heterocycles. The number of likely N-dealkylation sites (tertiary alicyclic amines) is 1. The average Bonchev–Trinajstić information content (AvgIpc) is 2.70. The fraction of sp³-hybridized carbons (Fsp3) is 0.476. The number of halogens is 1. The van der Waals surface area contributed by atoms with E-state index < -0.39 is 5.82 Å². The minimum absolute atomic E-state index is 0.00422. The van der Waals surface area contributed by atoms with Crippen molar-refractivity contribution in [1.29, 1.82) is 0 Å². The summed E-state index contributed by atoms with van der Waals surface area (Å²) in [6.07, 6.45) is 4.40. The molecular formula is C21H26FN5O. The fourth-order valence-corrected chi connectivity index (χ4v) is 4.40. The predicted octanol–water partition coefficient (Wildman–Crippen LogP) is 2.06. The lowest BCUT2D eigenvalue weighted by atomic mass is 9.69. The zero-order chi connectivity index (χ0) is 19.7. The summed E-state index contributed by atoms with van der Waals surface area (Å²) in [6, 6.07) is 8.56. The second-order valence-corrected chi connectivity index (χ2v) is 8.06. The third kappa shape index (κ3) is 3.58. The Morgan fingerprint density at radius 1 is 1.18 bits per heavy atom. The van der Waals surface area contributed by atoms with Crippen molar-refractivity contribution in [1.82, 2.24) is 19.8 Å². The highest BCUT2D eigenvalue weighted by atomic mass is 19.1. The lowest BCUT2D eigenvalue weighted by Gasteiger charge is -2.48. The van der Waals surface area contributed by atoms with Crippen LogP contribution >= 0.6 is 0 Å². The topological polar surface area (TPSA) is 52.6 Å². The summed E-state index contributed by atoms with van der Waals surface area (Å²) in [5.41, 5.74) is 2.68. The maximum Gasteiger partial charge on any atom is 0.236 e. The number of amides is 1. The first-order valence-corrected chi connectivity index (χ1v) is 9.70. The molecule has 0 bridgehead atoms. The highest BCUT2D eigenvalue weighted by molar-refractivity contribution is 5.77. The molecule has 0 atom stereocenters. The number of carbonyl (C=O) groups is 1. The van der Waals surface area contributed by atoms with Crippen molar-refractivity contribution in [3.8, 4) is 0 Å². The van der Waals surface area contributed by atoms with Gasteiger partial charge in [0.1, 0.15) is 0 Å². The van der Waals surface area contributed by atoms with E-state index in [2.05, 4.69) is 44.0 Å². The molecule has 0 radical (unpaired) electrons. The Morgan fingerprint density at radius 2 is 1.86 bits per heavy atom. The Hall–Kier alpha value is -2.54. The molecule has 0 aliphatic carbocycles. The van der Waals surface area contributed by atoms with Crippen molar-refractivity contribution in [2.75, 3.05) is 45.2 Å². The molecule has 6 nitrogen and oxygen atoms in total. The second-order valence-electron chi connectivity index (χ2n) is 8.06. The number of aromatic nitrogens is 2. The van der Waals surface area contributed by atoms with Crippen LogP contribution in [0.15, 0.2) is 36.7 Å². The molecule has 7 heteroatoms. The number of hydrogen-bond donors (Lipinski definition) is 0. The molecule has 1 amide bonds. The smallest absolute Gasteiger partial charge is 0.236 e. The first-order chi connectivity index (χ1) is 13.5. The van der Waals surface area contributed by atoms with E-state index in [0.29, 0.717) is 12.5 Å². The quantitative estimate of drug-likeness (QED) is 0.812. The van der Waals surface area contributed by atoms with E-state index in [4.69, 9.17) is 0 Å². The van der Waals surface area contributed by atoms with Crippen molar-refractivity contribution in [2.45, 2.75) is 24.8 Å². The van der Waals surface area contributed by atoms with Gasteiger partial charge in [0.05, 0.1) is 18.9 Å². The van der Waals surface area contributed by atoms with Crippen LogP contribution in [0.2, 0.25) is 0 Å². The second kappa shape index (κ2) is 7.47. The molecule has 0 saturated carbocycles. The molecule has 1 aromatic carbocycles. The van der Waals surface area contributed by atoms with Crippen LogP contribution in [0.1, 0.15) is 24.0 Å². The van der Waals surface area contributed by atoms with Crippen LogP contribution in [-0.4, -0.2) is 65.9 Å². The van der Waals surface area contributed by atoms with E-state index in [1.165, 1.54) is 23.5 Å². The first-order valence-electron chi connectivity index (χ1n) is 9.70. The average molecular weight is 383 g/mol. The zero-order valence-electron chi connectivity index (χ0n) is 16.4. The summed E-state index contributed by atoms with van der Waals surface area (Å²) < 4.78 is 13.3. The van der Waals surface area contributed by atoms with Crippen LogP contribution in [0.5, 0.6) is 0 Å². The third-order valence-electron chi connectivity index (χ3n) is 6.00. The van der Waals surface area contributed by atoms with Gasteiger partial charge in [-0.15, -0.1) is 0 Å². The monoisotopic (exact) mass is 383 g/mol. The van der Waals surface area contributed by atoms with Crippen LogP contribution in [0, 0.1) is 5.82 Å². The van der Waals surface area contributed by atoms with Crippen molar-refractivity contribution in [2.24, 2.45) is 0 Å². The molecule has 1 fully saturated rings. The summed E-state index contributed by atoms with van der Waals surface area (Å²) in [5.74, 6) is 0.288. The number of carbonyl (C=O) groups excluding carboxylic acids is 1. The molecule has 4 rings (SSSR count). The zero-order valence-corrected chi connectivity index (χ0v) is 16.4. The minimum atomic E-state index is -0.422. The lowest BCUT2D eigenvalue weighted by molar-refractivity contribution is -0.130. The third-order valence-corrected chi connectivity index (χ3v) is 6.00. The van der Waals surface area contributed by atoms with Gasteiger partial charge in [0.15, 0.2) is 5.82 Å². The molecule has 0 N–H and O–H groups in total. The molecule has 0 unspecified atom stereocenters. The van der Waals surface area contributed by atoms with Gasteiger partial charge in [-0.25, -0.2) is 14.4 Å². The van der Waals surface area contributed by atoms with Crippen molar-refractivity contribution < 1.29 is 9.18 Å². The number of piperidine rings is 1. The Bertz CT molecular complexity index is 846. The number of fused-ring (bicyclic) bond motifs is 2. The van der Waals surface area contributed by atoms with Gasteiger partial charge in [-0.05, 0) is 37.1 Å². The Kier molecular flexibility index (Phi) is 5.02. The van der Waals surface area contributed by atoms with Crippen molar-refractivity contribution in [3.63, 3.8) is 0 Å². The van der Waals surface area contributed by atoms with Gasteiger partial charge in [-0.3, -0.25) is 9.69 Å². The SMILES string of the molecule is CN(C)C(=O)CN1CCC2(CC1)CN(c1ncc(F)cn1)Cc1ccccc12. The number of benzene rings is 1. The number of likely N-dealkylation sites (N-methyl/N-ethyl adjacent to an activating group) is 1. The van der Waals surface area contributed by atoms with Crippen molar-refractivity contribution in [3.05, 3.63) is 53.6 Å². The minimum Gasteiger partial charge on any atom is -0.348 e. The predicted molar refractivity (Wildman–Crippen MR) is 106 cm³/mol. The van der Waals surface area contributed by atoms with Crippen molar-refractivity contribution >= 4 is 11.9 Å². The summed E-state index contributed by atoms with van der Waals surface area (Å²) in [5, 5.41) is 0. The van der Waals surface area contributed by atoms with Gasteiger partial charge in [0.25, 0.3) is 0 Å². The summed E-state index contributed by atoms with van der Waals surface area (Å²) in [6.45, 7) is 3.77. The summed E-state index contributed by atoms with van der Waals surface area (Å²) in [7, 11) is 3.59. The van der Waals surface area contributed by atoms with Crippen LogP contribution in [0.25, 0.3) is 0 Å². The van der Waals surface area contributed by atoms with E-state index in [0.717, 1.165) is 39.0 Å². The fourth-order valence-electron chi connectivity index (χ4n) is 4.40. The number of rotatable bonds is 3. The van der Waals surface area contributed by atoms with Gasteiger partial charge in [-0.1, -0.05) is 24.3 Å². The normalized spacial score (nSPS) is 18.8. The maximum absolute atomic E-state index is 13.3. The molecule has 2 aliphatic rings. The lowest BCUT2D eigenvalue weighted by Crippen LogP contribution is -2.53. The number of hydrogen-bond acceptors (Lipinski definition) is 5. The molecule has 3 heterocycles. The Balaban J connectivity index is 1.57. The van der Waals surface area contributed by atoms with Crippen LogP contribution in [0.3, 0.4) is 0 Å². The highest BCUT2D eigenvalue weighted by Crippen LogP contribution is 2.42. The molecule has 1 aromatic heterocycles. The standard InChI is InChI=1S/C21H26FN5O/c1-25(2)19(28)14-26-9-7-21(8-10-26)15-27(20-23-11-17(22)12-24-20)13-16-5-3-4-6-18(16)21/h3-6,11-12H,7-10,13-15H2,1-2H3. The van der Waals surface area contributed by atoms with Gasteiger partial charge >= 0.3 is 0 Å². The maximum atomic E-state index is 13.3.